The molecular formula is C19H25N5O. The SMILES string of the molecule is NC(=O)c1c(C2CCc3ccccc3C2)nn(C[C@@H]2CCCN2)c1N. The predicted octanol–water partition coefficient (Wildman–Crippen LogP) is 1.59. The van der Waals surface area contributed by atoms with E-state index in [4.69, 9.17) is 16.6 Å². The number of nitrogens with zero attached hydrogens (tertiary/aromatic N) is 2. The fraction of sp³-hybridized carbons (Fsp3) is 0.474. The van der Waals surface area contributed by atoms with Gasteiger partial charge in [0.2, 0.25) is 0 Å². The Morgan fingerprint density at radius 1 is 1.28 bits per heavy atom. The maximum Gasteiger partial charge on any atom is 0.254 e. The van der Waals surface area contributed by atoms with E-state index >= 15 is 0 Å². The van der Waals surface area contributed by atoms with Gasteiger partial charge in [-0.1, -0.05) is 24.3 Å². The molecule has 0 saturated carbocycles. The number of hydrogen-bond acceptors (Lipinski definition) is 4. The molecular weight excluding hydrogens is 314 g/mol. The lowest BCUT2D eigenvalue weighted by Crippen LogP contribution is -2.28. The second-order valence-electron chi connectivity index (χ2n) is 7.19. The zero-order chi connectivity index (χ0) is 17.4. The van der Waals surface area contributed by atoms with Gasteiger partial charge in [-0.3, -0.25) is 4.79 Å². The number of fused-ring (bicyclic) bond motifs is 1. The van der Waals surface area contributed by atoms with E-state index in [1.165, 1.54) is 17.5 Å². The Morgan fingerprint density at radius 3 is 2.80 bits per heavy atom. The highest BCUT2D eigenvalue weighted by atomic mass is 16.1. The summed E-state index contributed by atoms with van der Waals surface area (Å²) >= 11 is 0. The number of rotatable bonds is 4. The van der Waals surface area contributed by atoms with Gasteiger partial charge in [0.25, 0.3) is 5.91 Å². The van der Waals surface area contributed by atoms with Crippen LogP contribution in [0.5, 0.6) is 0 Å². The van der Waals surface area contributed by atoms with Crippen LogP contribution in [0.15, 0.2) is 24.3 Å². The van der Waals surface area contributed by atoms with E-state index in [0.717, 1.165) is 37.9 Å². The fourth-order valence-corrected chi connectivity index (χ4v) is 4.22. The molecule has 4 rings (SSSR count). The van der Waals surface area contributed by atoms with Gasteiger partial charge < -0.3 is 16.8 Å². The lowest BCUT2D eigenvalue weighted by molar-refractivity contribution is 0.0999. The molecule has 2 aliphatic rings. The highest BCUT2D eigenvalue weighted by Gasteiger charge is 2.30. The molecule has 1 aliphatic heterocycles. The van der Waals surface area contributed by atoms with Gasteiger partial charge in [0, 0.05) is 12.0 Å². The largest absolute Gasteiger partial charge is 0.383 e. The van der Waals surface area contributed by atoms with Gasteiger partial charge in [0.05, 0.1) is 12.2 Å². The van der Waals surface area contributed by atoms with Crippen molar-refractivity contribution in [3.63, 3.8) is 0 Å². The standard InChI is InChI=1S/C19H25N5O/c20-18-16(19(21)25)17(23-24(18)11-15-6-3-9-22-15)14-8-7-12-4-1-2-5-13(12)10-14/h1-2,4-5,14-15,22H,3,6-11,20H2,(H2,21,25)/t14?,15-/m0/s1. The van der Waals surface area contributed by atoms with Crippen molar-refractivity contribution in [2.45, 2.75) is 50.6 Å². The number of primary amides is 1. The van der Waals surface area contributed by atoms with Crippen LogP contribution in [0.2, 0.25) is 0 Å². The molecule has 5 N–H and O–H groups in total. The average Bonchev–Trinajstić information content (AvgIpc) is 3.23. The topological polar surface area (TPSA) is 99.0 Å². The lowest BCUT2D eigenvalue weighted by Gasteiger charge is -2.23. The monoisotopic (exact) mass is 339 g/mol. The first-order chi connectivity index (χ1) is 12.1. The molecule has 1 fully saturated rings. The molecule has 1 amide bonds. The van der Waals surface area contributed by atoms with Gasteiger partial charge >= 0.3 is 0 Å². The van der Waals surface area contributed by atoms with E-state index in [9.17, 15) is 4.79 Å². The van der Waals surface area contributed by atoms with Gasteiger partial charge in [-0.05, 0) is 49.8 Å². The number of benzene rings is 1. The maximum atomic E-state index is 12.1. The van der Waals surface area contributed by atoms with Crippen LogP contribution in [0.1, 0.15) is 52.4 Å². The smallest absolute Gasteiger partial charge is 0.254 e. The molecule has 1 unspecified atom stereocenters. The number of nitrogen functional groups attached to an aromatic ring is 1. The van der Waals surface area contributed by atoms with Crippen LogP contribution in [0.3, 0.4) is 0 Å². The summed E-state index contributed by atoms with van der Waals surface area (Å²) in [5.41, 5.74) is 15.8. The Hall–Kier alpha value is -2.34. The second-order valence-corrected chi connectivity index (χ2v) is 7.19. The first kappa shape index (κ1) is 16.1. The Morgan fingerprint density at radius 2 is 2.08 bits per heavy atom. The molecule has 0 spiro atoms. The number of carbonyl (C=O) groups excluding carboxylic acids is 1. The number of anilines is 1. The van der Waals surface area contributed by atoms with Crippen molar-refractivity contribution >= 4 is 11.7 Å². The highest BCUT2D eigenvalue weighted by Crippen LogP contribution is 2.35. The summed E-state index contributed by atoms with van der Waals surface area (Å²) in [5, 5.41) is 8.19. The Balaban J connectivity index is 1.65. The molecule has 2 aromatic rings. The van der Waals surface area contributed by atoms with Crippen molar-refractivity contribution in [1.82, 2.24) is 15.1 Å². The van der Waals surface area contributed by atoms with Crippen LogP contribution in [0.4, 0.5) is 5.82 Å². The van der Waals surface area contributed by atoms with Crippen LogP contribution in [-0.4, -0.2) is 28.3 Å². The number of amides is 1. The summed E-state index contributed by atoms with van der Waals surface area (Å²) in [6.45, 7) is 1.72. The van der Waals surface area contributed by atoms with Gasteiger partial charge in [-0.15, -0.1) is 0 Å². The molecule has 1 aromatic carbocycles. The van der Waals surface area contributed by atoms with E-state index in [1.807, 2.05) is 0 Å². The fourth-order valence-electron chi connectivity index (χ4n) is 4.22. The lowest BCUT2D eigenvalue weighted by atomic mass is 9.81. The van der Waals surface area contributed by atoms with Crippen molar-refractivity contribution in [1.29, 1.82) is 0 Å². The number of aromatic nitrogens is 2. The minimum Gasteiger partial charge on any atom is -0.383 e. The van der Waals surface area contributed by atoms with Crippen molar-refractivity contribution in [3.05, 3.63) is 46.6 Å². The van der Waals surface area contributed by atoms with Gasteiger partial charge in [-0.2, -0.15) is 5.10 Å². The van der Waals surface area contributed by atoms with E-state index in [1.54, 1.807) is 4.68 Å². The molecule has 2 atom stereocenters. The Labute approximate surface area is 147 Å². The first-order valence-corrected chi connectivity index (χ1v) is 9.09. The van der Waals surface area contributed by atoms with Crippen LogP contribution < -0.4 is 16.8 Å². The summed E-state index contributed by atoms with van der Waals surface area (Å²) in [6.07, 6.45) is 5.12. The zero-order valence-electron chi connectivity index (χ0n) is 14.4. The highest BCUT2D eigenvalue weighted by molar-refractivity contribution is 5.98. The van der Waals surface area contributed by atoms with E-state index in [0.29, 0.717) is 24.0 Å². The number of nitrogens with two attached hydrogens (primary N) is 2. The summed E-state index contributed by atoms with van der Waals surface area (Å²) < 4.78 is 1.78. The molecule has 132 valence electrons. The van der Waals surface area contributed by atoms with Crippen LogP contribution >= 0.6 is 0 Å². The molecule has 6 heteroatoms. The van der Waals surface area contributed by atoms with E-state index < -0.39 is 5.91 Å². The van der Waals surface area contributed by atoms with Crippen molar-refractivity contribution in [2.75, 3.05) is 12.3 Å². The van der Waals surface area contributed by atoms with Crippen LogP contribution in [0, 0.1) is 0 Å². The maximum absolute atomic E-state index is 12.1. The third-order valence-electron chi connectivity index (χ3n) is 5.55. The average molecular weight is 339 g/mol. The Kier molecular flexibility index (Phi) is 4.21. The molecule has 2 heterocycles. The molecule has 1 aromatic heterocycles. The van der Waals surface area contributed by atoms with E-state index in [2.05, 4.69) is 29.6 Å². The van der Waals surface area contributed by atoms with Gasteiger partial charge in [0.15, 0.2) is 0 Å². The van der Waals surface area contributed by atoms with Gasteiger partial charge in [0.1, 0.15) is 11.4 Å². The predicted molar refractivity (Wildman–Crippen MR) is 97.4 cm³/mol. The molecule has 25 heavy (non-hydrogen) atoms. The molecule has 1 aliphatic carbocycles. The third-order valence-corrected chi connectivity index (χ3v) is 5.55. The minimum absolute atomic E-state index is 0.192. The number of hydrogen-bond donors (Lipinski definition) is 3. The third kappa shape index (κ3) is 3.02. The van der Waals surface area contributed by atoms with Crippen LogP contribution in [-0.2, 0) is 19.4 Å². The molecule has 0 bridgehead atoms. The second kappa shape index (κ2) is 6.52. The van der Waals surface area contributed by atoms with Crippen molar-refractivity contribution in [2.24, 2.45) is 5.73 Å². The Bertz CT molecular complexity index is 791. The number of aryl methyl sites for hydroxylation is 1. The summed E-state index contributed by atoms with van der Waals surface area (Å²) in [6, 6.07) is 8.85. The summed E-state index contributed by atoms with van der Waals surface area (Å²) in [4.78, 5) is 12.1. The van der Waals surface area contributed by atoms with Crippen LogP contribution in [0.25, 0.3) is 0 Å². The first-order valence-electron chi connectivity index (χ1n) is 9.09. The normalized spacial score (nSPS) is 22.7. The summed E-state index contributed by atoms with van der Waals surface area (Å²) in [7, 11) is 0. The van der Waals surface area contributed by atoms with E-state index in [-0.39, 0.29) is 5.92 Å². The minimum atomic E-state index is -0.475. The zero-order valence-corrected chi connectivity index (χ0v) is 14.4. The summed E-state index contributed by atoms with van der Waals surface area (Å²) in [5.74, 6) is 0.129. The molecule has 1 saturated heterocycles. The number of carbonyl (C=O) groups is 1. The molecule has 0 radical (unpaired) electrons. The number of nitrogens with one attached hydrogen (secondary N) is 1. The molecule has 6 nitrogen and oxygen atoms in total. The van der Waals surface area contributed by atoms with Gasteiger partial charge in [-0.25, -0.2) is 4.68 Å². The quantitative estimate of drug-likeness (QED) is 0.787. The van der Waals surface area contributed by atoms with Crippen molar-refractivity contribution in [3.8, 4) is 0 Å². The van der Waals surface area contributed by atoms with Crippen molar-refractivity contribution < 1.29 is 4.79 Å².